The van der Waals surface area contributed by atoms with Crippen LogP contribution in [0.15, 0.2) is 57.7 Å². The lowest BCUT2D eigenvalue weighted by Gasteiger charge is -2.35. The van der Waals surface area contributed by atoms with Gasteiger partial charge < -0.3 is 9.84 Å². The highest BCUT2D eigenvalue weighted by atomic mass is 32.2. The fourth-order valence-electron chi connectivity index (χ4n) is 5.33. The Labute approximate surface area is 255 Å². The van der Waals surface area contributed by atoms with Crippen molar-refractivity contribution < 1.29 is 26.1 Å². The average Bonchev–Trinajstić information content (AvgIpc) is 3.73. The van der Waals surface area contributed by atoms with E-state index in [1.54, 1.807) is 43.3 Å². The van der Waals surface area contributed by atoms with Crippen molar-refractivity contribution in [2.75, 3.05) is 38.0 Å². The van der Waals surface area contributed by atoms with Gasteiger partial charge in [-0.3, -0.25) is 9.58 Å². The van der Waals surface area contributed by atoms with Crippen LogP contribution >= 0.6 is 11.3 Å². The minimum atomic E-state index is -4.62. The summed E-state index contributed by atoms with van der Waals surface area (Å²) in [7, 11) is -2.20. The summed E-state index contributed by atoms with van der Waals surface area (Å²) >= 11 is 1.16. The van der Waals surface area contributed by atoms with Crippen LogP contribution in [-0.2, 0) is 23.2 Å². The van der Waals surface area contributed by atoms with Gasteiger partial charge in [-0.25, -0.2) is 18.4 Å². The van der Waals surface area contributed by atoms with E-state index in [1.807, 2.05) is 6.92 Å². The summed E-state index contributed by atoms with van der Waals surface area (Å²) in [6.45, 7) is 6.16. The number of halogens is 3. The summed E-state index contributed by atoms with van der Waals surface area (Å²) in [5, 5.41) is 11.5. The van der Waals surface area contributed by atoms with E-state index in [1.165, 1.54) is 23.9 Å². The predicted octanol–water partition coefficient (Wildman–Crippen LogP) is 4.88. The summed E-state index contributed by atoms with van der Waals surface area (Å²) in [6, 6.07) is 10.0. The van der Waals surface area contributed by atoms with Crippen molar-refractivity contribution >= 4 is 38.1 Å². The van der Waals surface area contributed by atoms with Crippen molar-refractivity contribution in [1.82, 2.24) is 34.1 Å². The first kappa shape index (κ1) is 30.2. The molecule has 1 aliphatic heterocycles. The zero-order valence-corrected chi connectivity index (χ0v) is 25.7. The topological polar surface area (TPSA) is 122 Å². The van der Waals surface area contributed by atoms with Crippen LogP contribution in [0.4, 0.5) is 19.0 Å². The molecule has 1 saturated heterocycles. The van der Waals surface area contributed by atoms with Crippen LogP contribution in [-0.4, -0.2) is 81.3 Å². The zero-order valence-electron chi connectivity index (χ0n) is 24.0. The monoisotopic (exact) mass is 646 g/mol. The van der Waals surface area contributed by atoms with E-state index in [0.29, 0.717) is 65.6 Å². The fraction of sp³-hybridized carbons (Fsp3) is 0.357. The van der Waals surface area contributed by atoms with E-state index in [0.717, 1.165) is 21.7 Å². The smallest absolute Gasteiger partial charge is 0.366 e. The van der Waals surface area contributed by atoms with Gasteiger partial charge in [0, 0.05) is 74.6 Å². The number of sulfonamides is 1. The molecule has 0 amide bonds. The maximum atomic E-state index is 13.7. The fourth-order valence-corrected chi connectivity index (χ4v) is 8.16. The molecule has 0 bridgehead atoms. The number of rotatable bonds is 8. The summed E-state index contributed by atoms with van der Waals surface area (Å²) in [6.07, 6.45) is -1.95. The number of anilines is 1. The number of hydrogen-bond donors (Lipinski definition) is 1. The molecule has 6 rings (SSSR count). The molecule has 1 aromatic carbocycles. The number of alkyl halides is 3. The van der Waals surface area contributed by atoms with E-state index >= 15 is 0 Å². The number of fused-ring (bicyclic) bond motifs is 1. The Balaban J connectivity index is 1.12. The molecule has 1 fully saturated rings. The molecule has 11 nitrogen and oxygen atoms in total. The first-order chi connectivity index (χ1) is 20.9. The van der Waals surface area contributed by atoms with Gasteiger partial charge in [0.2, 0.25) is 0 Å². The highest BCUT2D eigenvalue weighted by Crippen LogP contribution is 2.39. The van der Waals surface area contributed by atoms with Crippen molar-refractivity contribution in [3.8, 4) is 21.8 Å². The maximum Gasteiger partial charge on any atom is 0.435 e. The molecule has 0 radical (unpaired) electrons. The third kappa shape index (κ3) is 5.94. The number of benzene rings is 1. The van der Waals surface area contributed by atoms with Gasteiger partial charge in [-0.15, -0.1) is 11.3 Å². The second-order valence-corrected chi connectivity index (χ2v) is 13.9. The van der Waals surface area contributed by atoms with E-state index in [-0.39, 0.29) is 15.8 Å². The van der Waals surface area contributed by atoms with Gasteiger partial charge in [0.05, 0.1) is 16.1 Å². The summed E-state index contributed by atoms with van der Waals surface area (Å²) in [5.74, 6) is 1.04. The van der Waals surface area contributed by atoms with Crippen molar-refractivity contribution in [3.05, 3.63) is 60.3 Å². The maximum absolute atomic E-state index is 13.7. The molecule has 1 aliphatic rings. The van der Waals surface area contributed by atoms with E-state index in [2.05, 4.69) is 30.4 Å². The molecule has 0 saturated carbocycles. The Kier molecular flexibility index (Phi) is 7.94. The van der Waals surface area contributed by atoms with Gasteiger partial charge in [0.25, 0.3) is 10.0 Å². The molecule has 232 valence electrons. The first-order valence-electron chi connectivity index (χ1n) is 13.8. The molecular weight excluding hydrogens is 617 g/mol. The van der Waals surface area contributed by atoms with Crippen LogP contribution < -0.4 is 5.32 Å². The number of thiophene rings is 1. The van der Waals surface area contributed by atoms with Gasteiger partial charge in [-0.2, -0.15) is 22.6 Å². The van der Waals surface area contributed by atoms with Crippen LogP contribution in [0.2, 0.25) is 0 Å². The largest absolute Gasteiger partial charge is 0.435 e. The molecular formula is C28H29F3N8O3S2. The quantitative estimate of drug-likeness (QED) is 0.251. The zero-order chi connectivity index (χ0) is 31.2. The second-order valence-electron chi connectivity index (χ2n) is 10.7. The third-order valence-corrected chi connectivity index (χ3v) is 10.8. The van der Waals surface area contributed by atoms with Gasteiger partial charge in [-0.1, -0.05) is 17.3 Å². The first-order valence-corrected chi connectivity index (χ1v) is 16.0. The van der Waals surface area contributed by atoms with Crippen LogP contribution in [0.25, 0.3) is 32.7 Å². The lowest BCUT2D eigenvalue weighted by molar-refractivity contribution is -0.140. The van der Waals surface area contributed by atoms with Crippen LogP contribution in [0.5, 0.6) is 0 Å². The Morgan fingerprint density at radius 3 is 2.57 bits per heavy atom. The van der Waals surface area contributed by atoms with Crippen LogP contribution in [0.1, 0.15) is 18.3 Å². The van der Waals surface area contributed by atoms with Gasteiger partial charge in [0.15, 0.2) is 11.5 Å². The van der Waals surface area contributed by atoms with E-state index < -0.39 is 21.9 Å². The van der Waals surface area contributed by atoms with Crippen LogP contribution in [0, 0.1) is 6.92 Å². The Bertz CT molecular complexity index is 1910. The van der Waals surface area contributed by atoms with Crippen LogP contribution in [0.3, 0.4) is 0 Å². The van der Waals surface area contributed by atoms with Gasteiger partial charge >= 0.3 is 6.18 Å². The van der Waals surface area contributed by atoms with E-state index in [9.17, 15) is 21.6 Å². The lowest BCUT2D eigenvalue weighted by Crippen LogP contribution is -2.50. The number of nitrogens with zero attached hydrogens (tertiary/aromatic N) is 7. The minimum absolute atomic E-state index is 0.0528. The molecule has 0 spiro atoms. The van der Waals surface area contributed by atoms with Gasteiger partial charge in [0.1, 0.15) is 16.4 Å². The SMILES string of the molecule is Cc1cc(-c2ccc(S(=O)(=O)N3CCN(C[C@H](C)Nc4ncnc5c(-c6cn(C)nc6C(F)(F)F)cccc45)CC3)s2)on1. The number of para-hydroxylation sites is 1. The molecule has 0 unspecified atom stereocenters. The molecule has 1 N–H and O–H groups in total. The summed E-state index contributed by atoms with van der Waals surface area (Å²) in [4.78, 5) is 11.6. The van der Waals surface area contributed by atoms with Crippen molar-refractivity contribution in [1.29, 1.82) is 0 Å². The number of aryl methyl sites for hydroxylation is 2. The minimum Gasteiger partial charge on any atom is -0.366 e. The summed E-state index contributed by atoms with van der Waals surface area (Å²) < 4.78 is 75.9. The number of piperazine rings is 1. The lowest BCUT2D eigenvalue weighted by atomic mass is 10.0. The van der Waals surface area contributed by atoms with Crippen molar-refractivity contribution in [3.63, 3.8) is 0 Å². The van der Waals surface area contributed by atoms with Gasteiger partial charge in [-0.05, 0) is 32.0 Å². The Morgan fingerprint density at radius 1 is 1.09 bits per heavy atom. The average molecular weight is 647 g/mol. The highest BCUT2D eigenvalue weighted by molar-refractivity contribution is 7.91. The molecule has 5 aromatic rings. The molecule has 4 aromatic heterocycles. The third-order valence-electron chi connectivity index (χ3n) is 7.35. The molecule has 5 heterocycles. The number of aromatic nitrogens is 5. The number of hydrogen-bond acceptors (Lipinski definition) is 10. The highest BCUT2D eigenvalue weighted by Gasteiger charge is 2.38. The molecule has 16 heteroatoms. The number of nitrogens with one attached hydrogen (secondary N) is 1. The Hall–Kier alpha value is -3.86. The molecule has 44 heavy (non-hydrogen) atoms. The standard InChI is InChI=1S/C28H29F3N8O3S2/c1-17-13-22(42-36-17)23-7-8-24(43-23)44(40,41)39-11-9-38(10-12-39)14-18(2)34-27-20-6-4-5-19(25(20)32-16-33-27)21-15-37(3)35-26(21)28(29,30)31/h4-8,13,15-16,18H,9-12,14H2,1-3H3,(H,32,33,34)/t18-/m0/s1. The van der Waals surface area contributed by atoms with Crippen molar-refractivity contribution in [2.45, 2.75) is 30.3 Å². The van der Waals surface area contributed by atoms with E-state index in [4.69, 9.17) is 4.52 Å². The predicted molar refractivity (Wildman–Crippen MR) is 160 cm³/mol. The van der Waals surface area contributed by atoms with Crippen molar-refractivity contribution in [2.24, 2.45) is 7.05 Å². The normalized spacial score (nSPS) is 16.0. The molecule has 0 aliphatic carbocycles. The second kappa shape index (κ2) is 11.6. The Morgan fingerprint density at radius 2 is 1.86 bits per heavy atom. The summed E-state index contributed by atoms with van der Waals surface area (Å²) in [5.41, 5.74) is 0.388. The molecule has 1 atom stereocenters.